The van der Waals surface area contributed by atoms with Crippen molar-refractivity contribution < 1.29 is 9.66 Å². The molecule has 1 heterocycles. The number of hydrazine groups is 1. The monoisotopic (exact) mass is 274 g/mol. The second kappa shape index (κ2) is 5.98. The lowest BCUT2D eigenvalue weighted by atomic mass is 10.1. The molecule has 104 valence electrons. The SMILES string of the molecule is CC(Oc1nc(NN)ccc1[N+](=O)[O-])c1ccccc1. The summed E-state index contributed by atoms with van der Waals surface area (Å²) in [7, 11) is 0. The van der Waals surface area contributed by atoms with Gasteiger partial charge in [-0.05, 0) is 18.6 Å². The smallest absolute Gasteiger partial charge is 0.331 e. The van der Waals surface area contributed by atoms with Crippen LogP contribution in [0.3, 0.4) is 0 Å². The molecule has 0 aliphatic heterocycles. The second-order valence-electron chi connectivity index (χ2n) is 4.09. The number of hydrogen-bond donors (Lipinski definition) is 2. The molecule has 7 nitrogen and oxygen atoms in total. The summed E-state index contributed by atoms with van der Waals surface area (Å²) >= 11 is 0. The van der Waals surface area contributed by atoms with Gasteiger partial charge in [0.05, 0.1) is 4.92 Å². The molecule has 3 N–H and O–H groups in total. The summed E-state index contributed by atoms with van der Waals surface area (Å²) in [6.07, 6.45) is -0.365. The van der Waals surface area contributed by atoms with Crippen molar-refractivity contribution in [2.75, 3.05) is 5.43 Å². The summed E-state index contributed by atoms with van der Waals surface area (Å²) in [5.41, 5.74) is 3.03. The van der Waals surface area contributed by atoms with Gasteiger partial charge in [-0.1, -0.05) is 30.3 Å². The van der Waals surface area contributed by atoms with Gasteiger partial charge in [-0.15, -0.1) is 0 Å². The number of nitrogen functional groups attached to an aromatic ring is 1. The lowest BCUT2D eigenvalue weighted by Crippen LogP contribution is -2.11. The van der Waals surface area contributed by atoms with Gasteiger partial charge in [0, 0.05) is 6.07 Å². The van der Waals surface area contributed by atoms with Gasteiger partial charge in [0.15, 0.2) is 0 Å². The van der Waals surface area contributed by atoms with Crippen molar-refractivity contribution in [3.05, 3.63) is 58.1 Å². The van der Waals surface area contributed by atoms with Gasteiger partial charge < -0.3 is 10.2 Å². The Morgan fingerprint density at radius 3 is 2.60 bits per heavy atom. The van der Waals surface area contributed by atoms with E-state index in [1.807, 2.05) is 30.3 Å². The standard InChI is InChI=1S/C13H14N4O3/c1-9(10-5-3-2-4-6-10)20-13-11(17(18)19)7-8-12(15-13)16-14/h2-9H,14H2,1H3,(H,15,16). The molecular weight excluding hydrogens is 260 g/mol. The first kappa shape index (κ1) is 13.8. The van der Waals surface area contributed by atoms with Crippen LogP contribution < -0.4 is 16.0 Å². The number of nitrogens with two attached hydrogens (primary N) is 1. The van der Waals surface area contributed by atoms with Crippen LogP contribution in [0.25, 0.3) is 0 Å². The van der Waals surface area contributed by atoms with E-state index in [1.165, 1.54) is 12.1 Å². The van der Waals surface area contributed by atoms with E-state index < -0.39 is 4.92 Å². The fourth-order valence-electron chi connectivity index (χ4n) is 1.70. The molecule has 0 amide bonds. The molecule has 1 atom stereocenters. The molecule has 2 aromatic rings. The average molecular weight is 274 g/mol. The van der Waals surface area contributed by atoms with Crippen molar-refractivity contribution >= 4 is 11.5 Å². The largest absolute Gasteiger partial charge is 0.465 e. The van der Waals surface area contributed by atoms with Gasteiger partial charge in [-0.2, -0.15) is 4.98 Å². The van der Waals surface area contributed by atoms with Crippen molar-refractivity contribution in [1.29, 1.82) is 0 Å². The topological polar surface area (TPSA) is 103 Å². The number of pyridine rings is 1. The molecule has 1 unspecified atom stereocenters. The number of anilines is 1. The molecule has 20 heavy (non-hydrogen) atoms. The first-order chi connectivity index (χ1) is 9.61. The fraction of sp³-hybridized carbons (Fsp3) is 0.154. The van der Waals surface area contributed by atoms with Crippen LogP contribution in [0, 0.1) is 10.1 Å². The maximum Gasteiger partial charge on any atom is 0.331 e. The highest BCUT2D eigenvalue weighted by Gasteiger charge is 2.20. The van der Waals surface area contributed by atoms with E-state index in [-0.39, 0.29) is 17.7 Å². The predicted octanol–water partition coefficient (Wildman–Crippen LogP) is 2.42. The highest BCUT2D eigenvalue weighted by Crippen LogP contribution is 2.30. The third-order valence-corrected chi connectivity index (χ3v) is 2.74. The van der Waals surface area contributed by atoms with Crippen LogP contribution in [0.1, 0.15) is 18.6 Å². The van der Waals surface area contributed by atoms with E-state index in [0.717, 1.165) is 5.56 Å². The normalized spacial score (nSPS) is 11.7. The van der Waals surface area contributed by atoms with Crippen LogP contribution in [-0.4, -0.2) is 9.91 Å². The van der Waals surface area contributed by atoms with E-state index in [9.17, 15) is 10.1 Å². The number of rotatable bonds is 5. The Morgan fingerprint density at radius 2 is 2.00 bits per heavy atom. The number of nitrogens with one attached hydrogen (secondary N) is 1. The maximum absolute atomic E-state index is 11.0. The summed E-state index contributed by atoms with van der Waals surface area (Å²) in [5, 5.41) is 11.0. The Labute approximate surface area is 115 Å². The van der Waals surface area contributed by atoms with Crippen LogP contribution in [0.15, 0.2) is 42.5 Å². The van der Waals surface area contributed by atoms with Gasteiger partial charge in [-0.25, -0.2) is 5.84 Å². The van der Waals surface area contributed by atoms with Gasteiger partial charge in [0.2, 0.25) is 0 Å². The van der Waals surface area contributed by atoms with Crippen LogP contribution in [0.4, 0.5) is 11.5 Å². The van der Waals surface area contributed by atoms with Gasteiger partial charge in [0.1, 0.15) is 11.9 Å². The molecule has 0 bridgehead atoms. The van der Waals surface area contributed by atoms with Crippen molar-refractivity contribution in [3.63, 3.8) is 0 Å². The van der Waals surface area contributed by atoms with E-state index in [2.05, 4.69) is 10.4 Å². The molecule has 0 aliphatic rings. The molecule has 2 rings (SSSR count). The third kappa shape index (κ3) is 3.01. The average Bonchev–Trinajstić information content (AvgIpc) is 2.47. The number of hydrogen-bond acceptors (Lipinski definition) is 6. The zero-order chi connectivity index (χ0) is 14.5. The summed E-state index contributed by atoms with van der Waals surface area (Å²) in [4.78, 5) is 14.4. The maximum atomic E-state index is 11.0. The van der Waals surface area contributed by atoms with Crippen molar-refractivity contribution in [1.82, 2.24) is 4.98 Å². The molecule has 0 saturated heterocycles. The molecule has 7 heteroatoms. The van der Waals surface area contributed by atoms with Crippen molar-refractivity contribution in [2.45, 2.75) is 13.0 Å². The fourth-order valence-corrected chi connectivity index (χ4v) is 1.70. The van der Waals surface area contributed by atoms with Crippen LogP contribution >= 0.6 is 0 Å². The van der Waals surface area contributed by atoms with Gasteiger partial charge in [0.25, 0.3) is 5.88 Å². The van der Waals surface area contributed by atoms with E-state index in [0.29, 0.717) is 5.82 Å². The quantitative estimate of drug-likeness (QED) is 0.493. The lowest BCUT2D eigenvalue weighted by Gasteiger charge is -2.14. The first-order valence-electron chi connectivity index (χ1n) is 5.95. The molecule has 0 aliphatic carbocycles. The molecule has 1 aromatic carbocycles. The minimum Gasteiger partial charge on any atom is -0.465 e. The predicted molar refractivity (Wildman–Crippen MR) is 74.2 cm³/mol. The Balaban J connectivity index is 2.29. The molecule has 0 fully saturated rings. The Bertz CT molecular complexity index is 604. The van der Waals surface area contributed by atoms with Crippen molar-refractivity contribution in [2.24, 2.45) is 5.84 Å². The van der Waals surface area contributed by atoms with Gasteiger partial charge >= 0.3 is 5.69 Å². The number of nitro groups is 1. The number of nitrogens with zero attached hydrogens (tertiary/aromatic N) is 2. The Kier molecular flexibility index (Phi) is 4.11. The minimum atomic E-state index is -0.541. The van der Waals surface area contributed by atoms with Crippen LogP contribution in [0.5, 0.6) is 5.88 Å². The summed E-state index contributed by atoms with van der Waals surface area (Å²) in [5.74, 6) is 5.48. The zero-order valence-electron chi connectivity index (χ0n) is 10.8. The summed E-state index contributed by atoms with van der Waals surface area (Å²) in [6.45, 7) is 1.79. The van der Waals surface area contributed by atoms with E-state index >= 15 is 0 Å². The van der Waals surface area contributed by atoms with Crippen LogP contribution in [0.2, 0.25) is 0 Å². The van der Waals surface area contributed by atoms with Gasteiger partial charge in [-0.3, -0.25) is 10.1 Å². The van der Waals surface area contributed by atoms with E-state index in [1.54, 1.807) is 6.92 Å². The van der Waals surface area contributed by atoms with Crippen LogP contribution in [-0.2, 0) is 0 Å². The Hall–Kier alpha value is -2.67. The molecular formula is C13H14N4O3. The molecule has 0 spiro atoms. The summed E-state index contributed by atoms with van der Waals surface area (Å²) in [6, 6.07) is 12.1. The van der Waals surface area contributed by atoms with Crippen molar-refractivity contribution in [3.8, 4) is 5.88 Å². The zero-order valence-corrected chi connectivity index (χ0v) is 10.8. The molecule has 1 aromatic heterocycles. The highest BCUT2D eigenvalue weighted by molar-refractivity contribution is 5.48. The third-order valence-electron chi connectivity index (χ3n) is 2.74. The second-order valence-corrected chi connectivity index (χ2v) is 4.09. The number of benzene rings is 1. The number of aromatic nitrogens is 1. The van der Waals surface area contributed by atoms with E-state index in [4.69, 9.17) is 10.6 Å². The summed E-state index contributed by atoms with van der Waals surface area (Å²) < 4.78 is 5.59. The number of ether oxygens (including phenoxy) is 1. The minimum absolute atomic E-state index is 0.0678. The molecule has 0 radical (unpaired) electrons. The molecule has 0 saturated carbocycles. The first-order valence-corrected chi connectivity index (χ1v) is 5.95. The Morgan fingerprint density at radius 1 is 1.30 bits per heavy atom. The lowest BCUT2D eigenvalue weighted by molar-refractivity contribution is -0.386. The highest BCUT2D eigenvalue weighted by atomic mass is 16.6.